The predicted octanol–water partition coefficient (Wildman–Crippen LogP) is 4.50. The SMILES string of the molecule is COCc1ccc(/C=C(\C)C(=O)c2c(O)cc(C(C)CC/C=C/NC(=O)O)oc2=O)s1. The molecule has 0 saturated carbocycles. The van der Waals surface area contributed by atoms with E-state index in [1.165, 1.54) is 23.6 Å². The van der Waals surface area contributed by atoms with Crippen molar-refractivity contribution < 1.29 is 29.0 Å². The van der Waals surface area contributed by atoms with Crippen LogP contribution in [0.4, 0.5) is 4.79 Å². The van der Waals surface area contributed by atoms with Gasteiger partial charge in [0.2, 0.25) is 0 Å². The summed E-state index contributed by atoms with van der Waals surface area (Å²) in [6.07, 6.45) is 4.52. The lowest BCUT2D eigenvalue weighted by Gasteiger charge is -2.11. The molecule has 2 aromatic rings. The molecule has 1 atom stereocenters. The van der Waals surface area contributed by atoms with Crippen molar-refractivity contribution in [1.82, 2.24) is 5.32 Å². The van der Waals surface area contributed by atoms with E-state index in [1.54, 1.807) is 33.1 Å². The van der Waals surface area contributed by atoms with Gasteiger partial charge in [0.05, 0.1) is 6.61 Å². The van der Waals surface area contributed by atoms with Gasteiger partial charge < -0.3 is 19.4 Å². The largest absolute Gasteiger partial charge is 0.507 e. The molecule has 0 fully saturated rings. The van der Waals surface area contributed by atoms with Crippen molar-refractivity contribution in [2.45, 2.75) is 39.2 Å². The summed E-state index contributed by atoms with van der Waals surface area (Å²) >= 11 is 1.47. The van der Waals surface area contributed by atoms with Crippen molar-refractivity contribution >= 4 is 29.3 Å². The molecular weight excluding hydrogens is 422 g/mol. The van der Waals surface area contributed by atoms with Crippen LogP contribution in [0.25, 0.3) is 6.08 Å². The predicted molar refractivity (Wildman–Crippen MR) is 118 cm³/mol. The molecule has 9 heteroatoms. The maximum Gasteiger partial charge on any atom is 0.408 e. The highest BCUT2D eigenvalue weighted by atomic mass is 32.1. The highest BCUT2D eigenvalue weighted by Gasteiger charge is 2.22. The van der Waals surface area contributed by atoms with Crippen molar-refractivity contribution in [2.75, 3.05) is 7.11 Å². The maximum absolute atomic E-state index is 12.7. The topological polar surface area (TPSA) is 126 Å². The average molecular weight is 448 g/mol. The quantitative estimate of drug-likeness (QED) is 0.361. The van der Waals surface area contributed by atoms with Crippen LogP contribution >= 0.6 is 11.3 Å². The lowest BCUT2D eigenvalue weighted by Crippen LogP contribution is -2.16. The van der Waals surface area contributed by atoms with Gasteiger partial charge in [-0.1, -0.05) is 13.0 Å². The minimum atomic E-state index is -1.15. The average Bonchev–Trinajstić information content (AvgIpc) is 3.13. The zero-order valence-corrected chi connectivity index (χ0v) is 18.3. The molecule has 0 aliphatic carbocycles. The summed E-state index contributed by atoms with van der Waals surface area (Å²) in [6.45, 7) is 3.85. The van der Waals surface area contributed by atoms with Crippen LogP contribution < -0.4 is 10.9 Å². The first kappa shape index (κ1) is 24.1. The number of carbonyl (C=O) groups excluding carboxylic acids is 1. The molecule has 0 saturated heterocycles. The summed E-state index contributed by atoms with van der Waals surface area (Å²) in [5.41, 5.74) is -0.997. The van der Waals surface area contributed by atoms with Crippen LogP contribution in [0.1, 0.15) is 58.5 Å². The maximum atomic E-state index is 12.7. The van der Waals surface area contributed by atoms with E-state index in [9.17, 15) is 19.5 Å². The lowest BCUT2D eigenvalue weighted by atomic mass is 10.00. The molecule has 0 radical (unpaired) electrons. The fourth-order valence-corrected chi connectivity index (χ4v) is 3.81. The molecule has 166 valence electrons. The Morgan fingerprint density at radius 1 is 1.35 bits per heavy atom. The van der Waals surface area contributed by atoms with Gasteiger partial charge in [-0.25, -0.2) is 9.59 Å². The van der Waals surface area contributed by atoms with E-state index in [4.69, 9.17) is 14.3 Å². The Bertz CT molecular complexity index is 1050. The molecule has 0 aliphatic heterocycles. The molecule has 0 spiro atoms. The number of methoxy groups -OCH3 is 1. The number of rotatable bonds is 10. The summed E-state index contributed by atoms with van der Waals surface area (Å²) in [6, 6.07) is 5.03. The van der Waals surface area contributed by atoms with E-state index < -0.39 is 28.8 Å². The molecule has 1 unspecified atom stereocenters. The molecule has 1 amide bonds. The third kappa shape index (κ3) is 6.94. The van der Waals surface area contributed by atoms with Crippen LogP contribution in [0.5, 0.6) is 5.75 Å². The first-order chi connectivity index (χ1) is 14.7. The first-order valence-electron chi connectivity index (χ1n) is 9.55. The molecule has 0 bridgehead atoms. The Morgan fingerprint density at radius 2 is 2.10 bits per heavy atom. The minimum absolute atomic E-state index is 0.223. The fraction of sp³-hybridized carbons (Fsp3) is 0.318. The van der Waals surface area contributed by atoms with Crippen molar-refractivity contribution in [3.63, 3.8) is 0 Å². The van der Waals surface area contributed by atoms with E-state index in [0.717, 1.165) is 9.75 Å². The van der Waals surface area contributed by atoms with Crippen LogP contribution in [0, 0.1) is 0 Å². The summed E-state index contributed by atoms with van der Waals surface area (Å²) < 4.78 is 10.4. The second-order valence-corrected chi connectivity index (χ2v) is 8.12. The highest BCUT2D eigenvalue weighted by Crippen LogP contribution is 2.27. The minimum Gasteiger partial charge on any atom is -0.507 e. The van der Waals surface area contributed by atoms with E-state index in [1.807, 2.05) is 12.1 Å². The molecule has 3 N–H and O–H groups in total. The smallest absolute Gasteiger partial charge is 0.408 e. The van der Waals surface area contributed by atoms with Gasteiger partial charge in [-0.15, -0.1) is 11.3 Å². The van der Waals surface area contributed by atoms with Crippen LogP contribution in [0.3, 0.4) is 0 Å². The molecule has 31 heavy (non-hydrogen) atoms. The number of thiophene rings is 1. The number of Topliss-reactive ketones (excluding diaryl/α,β-unsaturated/α-hetero) is 1. The number of nitrogens with one attached hydrogen (secondary N) is 1. The zero-order valence-electron chi connectivity index (χ0n) is 17.5. The Balaban J connectivity index is 2.14. The van der Waals surface area contributed by atoms with Gasteiger partial charge in [-0.2, -0.15) is 0 Å². The Morgan fingerprint density at radius 3 is 2.74 bits per heavy atom. The second kappa shape index (κ2) is 11.3. The molecule has 2 rings (SSSR count). The molecule has 0 aliphatic rings. The van der Waals surface area contributed by atoms with Gasteiger partial charge in [-0.05, 0) is 43.5 Å². The number of carbonyl (C=O) groups is 2. The third-order valence-corrected chi connectivity index (χ3v) is 5.45. The van der Waals surface area contributed by atoms with E-state index in [2.05, 4.69) is 5.32 Å². The molecule has 2 aromatic heterocycles. The number of ketones is 1. The van der Waals surface area contributed by atoms with Crippen molar-refractivity contribution in [2.24, 2.45) is 0 Å². The third-order valence-electron chi connectivity index (χ3n) is 4.44. The summed E-state index contributed by atoms with van der Waals surface area (Å²) in [4.78, 5) is 37.4. The van der Waals surface area contributed by atoms with E-state index >= 15 is 0 Å². The monoisotopic (exact) mass is 447 g/mol. The number of ether oxygens (including phenoxy) is 1. The number of allylic oxidation sites excluding steroid dienone is 2. The summed E-state index contributed by atoms with van der Waals surface area (Å²) in [7, 11) is 1.60. The van der Waals surface area contributed by atoms with Gasteiger partial charge in [-0.3, -0.25) is 10.1 Å². The van der Waals surface area contributed by atoms with Gasteiger partial charge in [0.15, 0.2) is 5.78 Å². The Kier molecular flexibility index (Phi) is 8.77. The van der Waals surface area contributed by atoms with Gasteiger partial charge >= 0.3 is 11.7 Å². The number of amides is 1. The summed E-state index contributed by atoms with van der Waals surface area (Å²) in [5, 5.41) is 20.9. The van der Waals surface area contributed by atoms with Crippen molar-refractivity contribution in [3.05, 3.63) is 67.5 Å². The fourth-order valence-electron chi connectivity index (χ4n) is 2.82. The number of hydrogen-bond donors (Lipinski definition) is 3. The Hall–Kier alpha value is -3.17. The van der Waals surface area contributed by atoms with Crippen LogP contribution in [-0.2, 0) is 11.3 Å². The lowest BCUT2D eigenvalue weighted by molar-refractivity contribution is 0.102. The number of aromatic hydroxyl groups is 1. The van der Waals surface area contributed by atoms with Gasteiger partial charge in [0, 0.05) is 35.0 Å². The van der Waals surface area contributed by atoms with E-state index in [-0.39, 0.29) is 11.7 Å². The second-order valence-electron chi connectivity index (χ2n) is 6.92. The molecular formula is C22H25NO7S. The van der Waals surface area contributed by atoms with Crippen molar-refractivity contribution in [3.8, 4) is 5.75 Å². The molecule has 2 heterocycles. The van der Waals surface area contributed by atoms with Gasteiger partial charge in [0.1, 0.15) is 17.1 Å². The van der Waals surface area contributed by atoms with Gasteiger partial charge in [0.25, 0.3) is 0 Å². The first-order valence-corrected chi connectivity index (χ1v) is 10.4. The molecule has 0 aromatic carbocycles. The number of carboxylic acid groups (broad SMARTS) is 1. The number of hydrogen-bond acceptors (Lipinski definition) is 7. The van der Waals surface area contributed by atoms with Crippen molar-refractivity contribution in [1.29, 1.82) is 0 Å². The Labute approximate surface area is 183 Å². The zero-order chi connectivity index (χ0) is 23.0. The van der Waals surface area contributed by atoms with Crippen LogP contribution in [0.2, 0.25) is 0 Å². The normalized spacial score (nSPS) is 12.8. The highest BCUT2D eigenvalue weighted by molar-refractivity contribution is 7.12. The van der Waals surface area contributed by atoms with Crippen LogP contribution in [-0.4, -0.2) is 29.2 Å². The molecule has 8 nitrogen and oxygen atoms in total. The summed E-state index contributed by atoms with van der Waals surface area (Å²) in [5.74, 6) is -0.998. The van der Waals surface area contributed by atoms with E-state index in [0.29, 0.717) is 25.0 Å². The van der Waals surface area contributed by atoms with Crippen LogP contribution in [0.15, 0.2) is 45.3 Å². The standard InChI is InChI=1S/C22H25NO7S/c1-13(6-4-5-9-23-22(27)28)18-11-17(24)19(21(26)30-18)20(25)14(2)10-15-7-8-16(31-15)12-29-3/h5,7-11,13,23-24H,4,6,12H2,1-3H3,(H,27,28)/b9-5+,14-10+.